The lowest BCUT2D eigenvalue weighted by molar-refractivity contribution is -0.132. The number of hydrogen-bond donors (Lipinski definition) is 1. The Morgan fingerprint density at radius 1 is 1.23 bits per heavy atom. The van der Waals surface area contributed by atoms with Gasteiger partial charge < -0.3 is 9.47 Å². The zero-order valence-corrected chi connectivity index (χ0v) is 19.1. The summed E-state index contributed by atoms with van der Waals surface area (Å²) in [5.74, 6) is -0.189. The van der Waals surface area contributed by atoms with Gasteiger partial charge in [-0.1, -0.05) is 26.2 Å². The maximum absolute atomic E-state index is 13.0. The Morgan fingerprint density at radius 2 is 1.93 bits per heavy atom. The van der Waals surface area contributed by atoms with E-state index >= 15 is 0 Å². The number of carbonyl (C=O) groups is 3. The van der Waals surface area contributed by atoms with Crippen LogP contribution in [0.2, 0.25) is 0 Å². The molecule has 1 aliphatic carbocycles. The summed E-state index contributed by atoms with van der Waals surface area (Å²) >= 11 is 3.49. The molecule has 1 N–H and O–H groups in total. The van der Waals surface area contributed by atoms with Crippen molar-refractivity contribution in [2.24, 2.45) is 0 Å². The standard InChI is InChI=1S/C22H27BrN2O5/c1-4-13(2)30-19-17(23)11-14(12-18(19)29-3)10-16-20(26)24-22(28)25(21(16)27)15-8-6-5-7-9-15/h10-13,15H,4-9H2,1-3H3,(H,24,26,28). The lowest BCUT2D eigenvalue weighted by Gasteiger charge is -2.35. The van der Waals surface area contributed by atoms with Crippen molar-refractivity contribution in [3.8, 4) is 11.5 Å². The second-order valence-electron chi connectivity index (χ2n) is 7.66. The Kier molecular flexibility index (Phi) is 7.18. The van der Waals surface area contributed by atoms with Gasteiger partial charge in [0.25, 0.3) is 11.8 Å². The summed E-state index contributed by atoms with van der Waals surface area (Å²) in [6.45, 7) is 3.99. The SMILES string of the molecule is CCC(C)Oc1c(Br)cc(C=C2C(=O)NC(=O)N(C3CCCCC3)C2=O)cc1OC. The predicted octanol–water partition coefficient (Wildman–Crippen LogP) is 4.43. The van der Waals surface area contributed by atoms with E-state index in [9.17, 15) is 14.4 Å². The summed E-state index contributed by atoms with van der Waals surface area (Å²) in [6, 6.07) is 2.66. The van der Waals surface area contributed by atoms with E-state index in [1.807, 2.05) is 13.8 Å². The van der Waals surface area contributed by atoms with Crippen molar-refractivity contribution < 1.29 is 23.9 Å². The number of amides is 4. The third kappa shape index (κ3) is 4.69. The molecule has 2 fully saturated rings. The number of rotatable bonds is 6. The molecule has 1 heterocycles. The van der Waals surface area contributed by atoms with Crippen molar-refractivity contribution in [1.29, 1.82) is 0 Å². The highest BCUT2D eigenvalue weighted by atomic mass is 79.9. The number of barbiturate groups is 1. The van der Waals surface area contributed by atoms with Crippen LogP contribution in [0.15, 0.2) is 22.2 Å². The molecule has 162 valence electrons. The molecule has 8 heteroatoms. The highest BCUT2D eigenvalue weighted by Gasteiger charge is 2.40. The minimum absolute atomic E-state index is 0.000156. The number of urea groups is 1. The van der Waals surface area contributed by atoms with Gasteiger partial charge in [-0.15, -0.1) is 0 Å². The summed E-state index contributed by atoms with van der Waals surface area (Å²) in [4.78, 5) is 39.0. The second kappa shape index (κ2) is 9.64. The number of nitrogens with one attached hydrogen (secondary N) is 1. The van der Waals surface area contributed by atoms with Crippen molar-refractivity contribution in [3.63, 3.8) is 0 Å². The van der Waals surface area contributed by atoms with Crippen LogP contribution in [0.5, 0.6) is 11.5 Å². The Labute approximate surface area is 184 Å². The molecule has 0 aromatic heterocycles. The lowest BCUT2D eigenvalue weighted by Crippen LogP contribution is -2.58. The number of hydrogen-bond acceptors (Lipinski definition) is 5. The van der Waals surface area contributed by atoms with E-state index in [-0.39, 0.29) is 17.7 Å². The Balaban J connectivity index is 1.94. The third-order valence-electron chi connectivity index (χ3n) is 5.53. The van der Waals surface area contributed by atoms with E-state index in [0.29, 0.717) is 21.5 Å². The van der Waals surface area contributed by atoms with E-state index < -0.39 is 17.8 Å². The normalized spacial score (nSPS) is 20.3. The van der Waals surface area contributed by atoms with Crippen LogP contribution in [0.4, 0.5) is 4.79 Å². The van der Waals surface area contributed by atoms with Crippen LogP contribution in [0.3, 0.4) is 0 Å². The first-order valence-electron chi connectivity index (χ1n) is 10.3. The van der Waals surface area contributed by atoms with Gasteiger partial charge in [0.05, 0.1) is 17.7 Å². The van der Waals surface area contributed by atoms with Crippen LogP contribution in [-0.4, -0.2) is 42.0 Å². The molecule has 1 aromatic rings. The fraction of sp³-hybridized carbons (Fsp3) is 0.500. The first kappa shape index (κ1) is 22.3. The van der Waals surface area contributed by atoms with Crippen LogP contribution in [-0.2, 0) is 9.59 Å². The quantitative estimate of drug-likeness (QED) is 0.482. The summed E-state index contributed by atoms with van der Waals surface area (Å²) in [7, 11) is 1.53. The van der Waals surface area contributed by atoms with Crippen molar-refractivity contribution in [3.05, 3.63) is 27.7 Å². The van der Waals surface area contributed by atoms with Gasteiger partial charge in [-0.2, -0.15) is 0 Å². The number of halogens is 1. The Hall–Kier alpha value is -2.35. The van der Waals surface area contributed by atoms with E-state index in [1.54, 1.807) is 12.1 Å². The topological polar surface area (TPSA) is 84.9 Å². The average molecular weight is 479 g/mol. The zero-order chi connectivity index (χ0) is 21.8. The monoisotopic (exact) mass is 478 g/mol. The van der Waals surface area contributed by atoms with Crippen LogP contribution < -0.4 is 14.8 Å². The van der Waals surface area contributed by atoms with Crippen molar-refractivity contribution in [2.45, 2.75) is 64.5 Å². The van der Waals surface area contributed by atoms with Gasteiger partial charge in [-0.05, 0) is 65.9 Å². The summed E-state index contributed by atoms with van der Waals surface area (Å²) in [5, 5.41) is 2.31. The first-order chi connectivity index (χ1) is 14.3. The average Bonchev–Trinajstić information content (AvgIpc) is 2.73. The van der Waals surface area contributed by atoms with Gasteiger partial charge in [-0.3, -0.25) is 19.8 Å². The molecule has 1 unspecified atom stereocenters. The van der Waals surface area contributed by atoms with Crippen molar-refractivity contribution in [1.82, 2.24) is 10.2 Å². The molecular formula is C22H27BrN2O5. The molecular weight excluding hydrogens is 452 g/mol. The summed E-state index contributed by atoms with van der Waals surface area (Å²) in [6.07, 6.45) is 6.89. The summed E-state index contributed by atoms with van der Waals surface area (Å²) in [5.41, 5.74) is 0.524. The first-order valence-corrected chi connectivity index (χ1v) is 11.1. The van der Waals surface area contributed by atoms with Gasteiger partial charge >= 0.3 is 6.03 Å². The largest absolute Gasteiger partial charge is 0.493 e. The lowest BCUT2D eigenvalue weighted by atomic mass is 9.93. The second-order valence-corrected chi connectivity index (χ2v) is 8.51. The zero-order valence-electron chi connectivity index (χ0n) is 17.5. The Bertz CT molecular complexity index is 877. The molecule has 7 nitrogen and oxygen atoms in total. The van der Waals surface area contributed by atoms with Gasteiger partial charge in [0.2, 0.25) is 0 Å². The molecule has 0 spiro atoms. The Morgan fingerprint density at radius 3 is 2.57 bits per heavy atom. The van der Waals surface area contributed by atoms with E-state index in [0.717, 1.165) is 38.5 Å². The van der Waals surface area contributed by atoms with Crippen LogP contribution in [0, 0.1) is 0 Å². The fourth-order valence-electron chi connectivity index (χ4n) is 3.73. The highest BCUT2D eigenvalue weighted by molar-refractivity contribution is 9.10. The van der Waals surface area contributed by atoms with Crippen LogP contribution in [0.1, 0.15) is 57.9 Å². The molecule has 1 atom stereocenters. The predicted molar refractivity (Wildman–Crippen MR) is 116 cm³/mol. The minimum Gasteiger partial charge on any atom is -0.493 e. The molecule has 1 aliphatic heterocycles. The molecule has 4 amide bonds. The van der Waals surface area contributed by atoms with Crippen LogP contribution in [0.25, 0.3) is 6.08 Å². The molecule has 3 rings (SSSR count). The number of ether oxygens (including phenoxy) is 2. The molecule has 2 aliphatic rings. The van der Waals surface area contributed by atoms with E-state index in [4.69, 9.17) is 9.47 Å². The number of imide groups is 2. The highest BCUT2D eigenvalue weighted by Crippen LogP contribution is 2.38. The van der Waals surface area contributed by atoms with Gasteiger partial charge in [0.1, 0.15) is 5.57 Å². The van der Waals surface area contributed by atoms with Crippen molar-refractivity contribution >= 4 is 39.9 Å². The molecule has 0 radical (unpaired) electrons. The maximum Gasteiger partial charge on any atom is 0.331 e. The summed E-state index contributed by atoms with van der Waals surface area (Å²) < 4.78 is 12.0. The molecule has 1 aromatic carbocycles. The third-order valence-corrected chi connectivity index (χ3v) is 6.12. The molecule has 30 heavy (non-hydrogen) atoms. The van der Waals surface area contributed by atoms with E-state index in [2.05, 4.69) is 21.2 Å². The smallest absolute Gasteiger partial charge is 0.331 e. The van der Waals surface area contributed by atoms with Gasteiger partial charge in [0, 0.05) is 6.04 Å². The number of carbonyl (C=O) groups excluding carboxylic acids is 3. The number of nitrogens with zero attached hydrogens (tertiary/aromatic N) is 1. The molecule has 1 saturated heterocycles. The maximum atomic E-state index is 13.0. The van der Waals surface area contributed by atoms with E-state index in [1.165, 1.54) is 18.1 Å². The van der Waals surface area contributed by atoms with Gasteiger partial charge in [-0.25, -0.2) is 4.79 Å². The fourth-order valence-corrected chi connectivity index (χ4v) is 4.28. The van der Waals surface area contributed by atoms with Crippen LogP contribution >= 0.6 is 15.9 Å². The number of benzene rings is 1. The van der Waals surface area contributed by atoms with Gasteiger partial charge in [0.15, 0.2) is 11.5 Å². The van der Waals surface area contributed by atoms with Crippen molar-refractivity contribution in [2.75, 3.05) is 7.11 Å². The number of methoxy groups -OCH3 is 1. The molecule has 1 saturated carbocycles. The minimum atomic E-state index is -0.688. The molecule has 0 bridgehead atoms.